The fourth-order valence-electron chi connectivity index (χ4n) is 4.56. The van der Waals surface area contributed by atoms with E-state index in [2.05, 4.69) is 87.3 Å². The molecule has 2 N–H and O–H groups in total. The van der Waals surface area contributed by atoms with Crippen molar-refractivity contribution in [3.05, 3.63) is 70.8 Å². The number of carbonyl (C=O) groups excluding carboxylic acids is 1. The minimum Gasteiger partial charge on any atom is -0.370 e. The van der Waals surface area contributed by atoms with Crippen LogP contribution < -0.4 is 10.6 Å². The normalized spacial score (nSPS) is 23.6. The van der Waals surface area contributed by atoms with Gasteiger partial charge in [-0.2, -0.15) is 0 Å². The van der Waals surface area contributed by atoms with Crippen LogP contribution in [0.25, 0.3) is 6.08 Å². The smallest absolute Gasteiger partial charge is 0.239 e. The Morgan fingerprint density at radius 3 is 2.42 bits per heavy atom. The van der Waals surface area contributed by atoms with E-state index in [9.17, 15) is 4.79 Å². The van der Waals surface area contributed by atoms with E-state index in [0.29, 0.717) is 0 Å². The monoisotopic (exact) mass is 416 g/mol. The number of aliphatic imine (C=N–C) groups is 1. The lowest BCUT2D eigenvalue weighted by atomic mass is 9.73. The van der Waals surface area contributed by atoms with Gasteiger partial charge in [0, 0.05) is 26.3 Å². The summed E-state index contributed by atoms with van der Waals surface area (Å²) in [6.45, 7) is 9.45. The van der Waals surface area contributed by atoms with Gasteiger partial charge in [0.2, 0.25) is 5.91 Å². The van der Waals surface area contributed by atoms with Gasteiger partial charge in [0.25, 0.3) is 0 Å². The largest absolute Gasteiger partial charge is 0.370 e. The Kier molecular flexibility index (Phi) is 4.95. The maximum atomic E-state index is 13.5. The summed E-state index contributed by atoms with van der Waals surface area (Å²) >= 11 is 0. The van der Waals surface area contributed by atoms with Crippen LogP contribution in [-0.4, -0.2) is 37.4 Å². The highest BCUT2D eigenvalue weighted by Crippen LogP contribution is 2.45. The van der Waals surface area contributed by atoms with Gasteiger partial charge in [0.05, 0.1) is 5.92 Å². The fourth-order valence-corrected chi connectivity index (χ4v) is 4.56. The van der Waals surface area contributed by atoms with Crippen molar-refractivity contribution >= 4 is 23.6 Å². The molecule has 0 aromatic heterocycles. The number of likely N-dealkylation sites (N-methyl/N-ethyl adjacent to an activating group) is 2. The Morgan fingerprint density at radius 1 is 1.10 bits per heavy atom. The number of hydrogen-bond donors (Lipinski definition) is 1. The van der Waals surface area contributed by atoms with E-state index in [1.807, 2.05) is 6.92 Å². The molecule has 0 unspecified atom stereocenters. The molecule has 0 saturated carbocycles. The number of rotatable bonds is 2. The van der Waals surface area contributed by atoms with Crippen LogP contribution >= 0.6 is 0 Å². The Balaban J connectivity index is 1.86. The van der Waals surface area contributed by atoms with Crippen LogP contribution in [0.1, 0.15) is 55.9 Å². The van der Waals surface area contributed by atoms with Gasteiger partial charge in [-0.1, -0.05) is 69.3 Å². The first kappa shape index (κ1) is 21.2. The highest BCUT2D eigenvalue weighted by atomic mass is 16.2. The zero-order valence-corrected chi connectivity index (χ0v) is 19.3. The molecule has 2 atom stereocenters. The SMILES string of the molecule is CN1C(=O)[C@H](c2ccc(C(C)(C)C)cc2)[C@@](C)(c2ccc3c(c2)N(C)CC=C3)N=C1N. The van der Waals surface area contributed by atoms with Crippen LogP contribution in [0.5, 0.6) is 0 Å². The third-order valence-corrected chi connectivity index (χ3v) is 6.64. The molecule has 0 radical (unpaired) electrons. The maximum absolute atomic E-state index is 13.5. The second kappa shape index (κ2) is 7.26. The van der Waals surface area contributed by atoms with Gasteiger partial charge in [-0.05, 0) is 40.7 Å². The molecule has 2 aromatic carbocycles. The lowest BCUT2D eigenvalue weighted by Crippen LogP contribution is -2.52. The lowest BCUT2D eigenvalue weighted by molar-refractivity contribution is -0.130. The van der Waals surface area contributed by atoms with Crippen molar-refractivity contribution < 1.29 is 4.79 Å². The summed E-state index contributed by atoms with van der Waals surface area (Å²) in [5.41, 5.74) is 10.9. The van der Waals surface area contributed by atoms with Crippen LogP contribution in [0.4, 0.5) is 5.69 Å². The predicted molar refractivity (Wildman–Crippen MR) is 128 cm³/mol. The molecule has 0 spiro atoms. The van der Waals surface area contributed by atoms with Crippen LogP contribution in [0, 0.1) is 0 Å². The molecular formula is C26H32N4O. The van der Waals surface area contributed by atoms with Crippen LogP contribution in [0.3, 0.4) is 0 Å². The highest BCUT2D eigenvalue weighted by Gasteiger charge is 2.47. The standard InChI is InChI=1S/C26H32N4O/c1-25(2,3)19-12-10-18(11-13-19)22-23(31)30(6)24(27)28-26(22,4)20-14-9-17-8-7-15-29(5)21(17)16-20/h7-14,16,22H,15H2,1-6H3,(H2,27,28)/t22-,26+/m0/s1. The number of nitrogens with two attached hydrogens (primary N) is 1. The number of carbonyl (C=O) groups is 1. The van der Waals surface area contributed by atoms with Crippen molar-refractivity contribution in [1.29, 1.82) is 0 Å². The molecule has 5 nitrogen and oxygen atoms in total. The number of benzene rings is 2. The first-order chi connectivity index (χ1) is 14.5. The molecule has 162 valence electrons. The number of anilines is 1. The predicted octanol–water partition coefficient (Wildman–Crippen LogP) is 4.23. The zero-order valence-electron chi connectivity index (χ0n) is 19.3. The third kappa shape index (κ3) is 3.52. The van der Waals surface area contributed by atoms with Gasteiger partial charge in [-0.3, -0.25) is 9.69 Å². The second-order valence-corrected chi connectivity index (χ2v) is 9.88. The molecule has 1 amide bonds. The topological polar surface area (TPSA) is 61.9 Å². The number of hydrogen-bond acceptors (Lipinski definition) is 4. The van der Waals surface area contributed by atoms with Crippen molar-refractivity contribution in [2.24, 2.45) is 10.7 Å². The molecule has 0 saturated heterocycles. The Hall–Kier alpha value is -3.08. The zero-order chi connectivity index (χ0) is 22.6. The Bertz CT molecular complexity index is 1080. The molecule has 0 fully saturated rings. The van der Waals surface area contributed by atoms with E-state index in [4.69, 9.17) is 10.7 Å². The summed E-state index contributed by atoms with van der Waals surface area (Å²) in [7, 11) is 3.78. The summed E-state index contributed by atoms with van der Waals surface area (Å²) in [6.07, 6.45) is 4.29. The minimum atomic E-state index is -0.798. The van der Waals surface area contributed by atoms with Crippen molar-refractivity contribution in [3.63, 3.8) is 0 Å². The summed E-state index contributed by atoms with van der Waals surface area (Å²) in [5.74, 6) is -0.244. The Labute approximate surface area is 185 Å². The lowest BCUT2D eigenvalue weighted by Gasteiger charge is -2.41. The van der Waals surface area contributed by atoms with Gasteiger partial charge < -0.3 is 10.6 Å². The van der Waals surface area contributed by atoms with Crippen LogP contribution in [0.2, 0.25) is 0 Å². The minimum absolute atomic E-state index is 0.0375. The van der Waals surface area contributed by atoms with Crippen molar-refractivity contribution in [2.75, 3.05) is 25.5 Å². The van der Waals surface area contributed by atoms with Crippen molar-refractivity contribution in [3.8, 4) is 0 Å². The molecule has 0 aliphatic carbocycles. The average Bonchev–Trinajstić information content (AvgIpc) is 2.72. The molecule has 31 heavy (non-hydrogen) atoms. The Morgan fingerprint density at radius 2 is 1.77 bits per heavy atom. The van der Waals surface area contributed by atoms with Gasteiger partial charge >= 0.3 is 0 Å². The number of amides is 1. The summed E-state index contributed by atoms with van der Waals surface area (Å²) in [4.78, 5) is 22.1. The number of nitrogens with zero attached hydrogens (tertiary/aromatic N) is 3. The van der Waals surface area contributed by atoms with E-state index in [0.717, 1.165) is 23.4 Å². The highest BCUT2D eigenvalue weighted by molar-refractivity contribution is 6.02. The number of fused-ring (bicyclic) bond motifs is 1. The first-order valence-corrected chi connectivity index (χ1v) is 10.8. The fraction of sp³-hybridized carbons (Fsp3) is 0.385. The van der Waals surface area contributed by atoms with E-state index in [-0.39, 0.29) is 17.3 Å². The molecule has 2 heterocycles. The second-order valence-electron chi connectivity index (χ2n) is 9.88. The van der Waals surface area contributed by atoms with Crippen molar-refractivity contribution in [2.45, 2.75) is 44.6 Å². The number of guanidine groups is 1. The van der Waals surface area contributed by atoms with E-state index < -0.39 is 11.5 Å². The van der Waals surface area contributed by atoms with Crippen LogP contribution in [-0.2, 0) is 15.7 Å². The quantitative estimate of drug-likeness (QED) is 0.797. The summed E-state index contributed by atoms with van der Waals surface area (Å²) in [5, 5.41) is 0. The van der Waals surface area contributed by atoms with Gasteiger partial charge in [0.15, 0.2) is 5.96 Å². The summed E-state index contributed by atoms with van der Waals surface area (Å²) < 4.78 is 0. The van der Waals surface area contributed by atoms with Crippen molar-refractivity contribution in [1.82, 2.24) is 4.90 Å². The molecule has 2 aliphatic heterocycles. The van der Waals surface area contributed by atoms with Crippen LogP contribution in [0.15, 0.2) is 53.5 Å². The molecule has 2 aliphatic rings. The molecule has 2 aromatic rings. The molecule has 0 bridgehead atoms. The molecule has 4 rings (SSSR count). The summed E-state index contributed by atoms with van der Waals surface area (Å²) in [6, 6.07) is 14.7. The maximum Gasteiger partial charge on any atom is 0.239 e. The third-order valence-electron chi connectivity index (χ3n) is 6.64. The van der Waals surface area contributed by atoms with Gasteiger partial charge in [0.1, 0.15) is 5.54 Å². The van der Waals surface area contributed by atoms with Gasteiger partial charge in [-0.15, -0.1) is 0 Å². The average molecular weight is 417 g/mol. The van der Waals surface area contributed by atoms with E-state index in [1.54, 1.807) is 7.05 Å². The molecular weight excluding hydrogens is 384 g/mol. The van der Waals surface area contributed by atoms with Gasteiger partial charge in [-0.25, -0.2) is 4.99 Å². The molecule has 5 heteroatoms. The van der Waals surface area contributed by atoms with E-state index in [1.165, 1.54) is 16.0 Å². The first-order valence-electron chi connectivity index (χ1n) is 10.8. The van der Waals surface area contributed by atoms with E-state index >= 15 is 0 Å².